The number of amides is 1. The van der Waals surface area contributed by atoms with Crippen LogP contribution < -0.4 is 14.8 Å². The summed E-state index contributed by atoms with van der Waals surface area (Å²) in [5.74, 6) is 0.334. The number of nitriles is 2. The van der Waals surface area contributed by atoms with Crippen molar-refractivity contribution < 1.29 is 14.3 Å². The van der Waals surface area contributed by atoms with E-state index in [2.05, 4.69) is 21.2 Å². The molecular weight excluding hydrogens is 362 g/mol. The highest BCUT2D eigenvalue weighted by Gasteiger charge is 2.14. The highest BCUT2D eigenvalue weighted by molar-refractivity contribution is 9.10. The van der Waals surface area contributed by atoms with E-state index in [1.807, 2.05) is 26.0 Å². The van der Waals surface area contributed by atoms with Crippen LogP contribution in [-0.2, 0) is 4.79 Å². The van der Waals surface area contributed by atoms with Gasteiger partial charge in [0.25, 0.3) is 5.91 Å². The second-order valence-electron chi connectivity index (χ2n) is 4.78. The van der Waals surface area contributed by atoms with Gasteiger partial charge in [0.05, 0.1) is 11.6 Å². The van der Waals surface area contributed by atoms with Crippen molar-refractivity contribution in [2.75, 3.05) is 13.7 Å². The van der Waals surface area contributed by atoms with Gasteiger partial charge in [0, 0.05) is 6.04 Å². The third kappa shape index (κ3) is 5.32. The van der Waals surface area contributed by atoms with Crippen LogP contribution in [0.15, 0.2) is 22.2 Å². The predicted molar refractivity (Wildman–Crippen MR) is 88.7 cm³/mol. The molecule has 7 heteroatoms. The number of benzene rings is 1. The number of nitrogens with one attached hydrogen (secondary N) is 1. The molecule has 1 aromatic rings. The summed E-state index contributed by atoms with van der Waals surface area (Å²) in [5.41, 5.74) is 0.576. The van der Waals surface area contributed by atoms with E-state index in [0.29, 0.717) is 21.5 Å². The molecule has 0 atom stereocenters. The van der Waals surface area contributed by atoms with Gasteiger partial charge in [-0.05, 0) is 53.5 Å². The number of hydrogen-bond acceptors (Lipinski definition) is 5. The van der Waals surface area contributed by atoms with Crippen LogP contribution >= 0.6 is 15.9 Å². The Kier molecular flexibility index (Phi) is 7.11. The summed E-state index contributed by atoms with van der Waals surface area (Å²) in [4.78, 5) is 11.9. The van der Waals surface area contributed by atoms with Gasteiger partial charge in [-0.2, -0.15) is 10.5 Å². The second kappa shape index (κ2) is 8.82. The third-order valence-electron chi connectivity index (χ3n) is 2.63. The van der Waals surface area contributed by atoms with Crippen LogP contribution in [0, 0.1) is 22.7 Å². The predicted octanol–water partition coefficient (Wildman–Crippen LogP) is 2.79. The number of carbonyl (C=O) groups is 1. The number of rotatable bonds is 6. The fourth-order valence-corrected chi connectivity index (χ4v) is 2.30. The first-order valence-electron chi connectivity index (χ1n) is 6.72. The minimum absolute atomic E-state index is 0.0154. The Morgan fingerprint density at radius 3 is 2.65 bits per heavy atom. The molecule has 0 fully saturated rings. The molecule has 1 amide bonds. The smallest absolute Gasteiger partial charge is 0.262 e. The maximum absolute atomic E-state index is 11.9. The Hall–Kier alpha value is -2.51. The van der Waals surface area contributed by atoms with Crippen molar-refractivity contribution in [2.45, 2.75) is 19.9 Å². The van der Waals surface area contributed by atoms with Gasteiger partial charge >= 0.3 is 0 Å². The van der Waals surface area contributed by atoms with Gasteiger partial charge in [-0.3, -0.25) is 4.79 Å². The molecule has 23 heavy (non-hydrogen) atoms. The number of nitrogens with zero attached hydrogens (tertiary/aromatic N) is 2. The number of methoxy groups -OCH3 is 1. The molecule has 0 radical (unpaired) electrons. The summed E-state index contributed by atoms with van der Waals surface area (Å²) in [5, 5.41) is 20.4. The van der Waals surface area contributed by atoms with Crippen molar-refractivity contribution in [3.05, 3.63) is 27.7 Å². The molecule has 0 spiro atoms. The van der Waals surface area contributed by atoms with Crippen LogP contribution in [0.25, 0.3) is 6.08 Å². The SMILES string of the molecule is COc1cc(/C=C(/C#N)C(=O)NC(C)C)cc(Br)c1OCC#N. The zero-order valence-corrected chi connectivity index (χ0v) is 14.6. The minimum atomic E-state index is -0.442. The Morgan fingerprint density at radius 2 is 2.13 bits per heavy atom. The summed E-state index contributed by atoms with van der Waals surface area (Å²) in [7, 11) is 1.46. The average Bonchev–Trinajstić information content (AvgIpc) is 2.50. The van der Waals surface area contributed by atoms with E-state index in [1.165, 1.54) is 13.2 Å². The summed E-state index contributed by atoms with van der Waals surface area (Å²) in [6.45, 7) is 3.51. The van der Waals surface area contributed by atoms with Gasteiger partial charge in [-0.15, -0.1) is 0 Å². The van der Waals surface area contributed by atoms with Crippen LogP contribution in [0.1, 0.15) is 19.4 Å². The van der Waals surface area contributed by atoms with E-state index in [9.17, 15) is 4.79 Å². The Bertz CT molecular complexity index is 700. The standard InChI is InChI=1S/C16H16BrN3O3/c1-10(2)20-16(21)12(9-19)6-11-7-13(17)15(23-5-4-18)14(8-11)22-3/h6-8,10H,5H2,1-3H3,(H,20,21)/b12-6-. The molecule has 0 saturated carbocycles. The lowest BCUT2D eigenvalue weighted by atomic mass is 10.1. The van der Waals surface area contributed by atoms with Crippen LogP contribution in [0.2, 0.25) is 0 Å². The molecule has 0 heterocycles. The van der Waals surface area contributed by atoms with Gasteiger partial charge in [0.1, 0.15) is 17.7 Å². The fourth-order valence-electron chi connectivity index (χ4n) is 1.72. The van der Waals surface area contributed by atoms with Crippen molar-refractivity contribution in [1.82, 2.24) is 5.32 Å². The molecule has 0 aliphatic rings. The molecule has 120 valence electrons. The van der Waals surface area contributed by atoms with Crippen molar-refractivity contribution in [3.8, 4) is 23.6 Å². The quantitative estimate of drug-likeness (QED) is 0.607. The minimum Gasteiger partial charge on any atom is -0.493 e. The van der Waals surface area contributed by atoms with E-state index < -0.39 is 5.91 Å². The molecule has 0 bridgehead atoms. The van der Waals surface area contributed by atoms with E-state index in [0.717, 1.165) is 0 Å². The first-order valence-corrected chi connectivity index (χ1v) is 7.52. The Balaban J connectivity index is 3.21. The first kappa shape index (κ1) is 18.5. The maximum Gasteiger partial charge on any atom is 0.262 e. The largest absolute Gasteiger partial charge is 0.493 e. The topological polar surface area (TPSA) is 95.1 Å². The second-order valence-corrected chi connectivity index (χ2v) is 5.63. The van der Waals surface area contributed by atoms with Crippen molar-refractivity contribution in [1.29, 1.82) is 10.5 Å². The van der Waals surface area contributed by atoms with Gasteiger partial charge in [0.15, 0.2) is 18.1 Å². The zero-order chi connectivity index (χ0) is 17.4. The van der Waals surface area contributed by atoms with Gasteiger partial charge in [0.2, 0.25) is 0 Å². The summed E-state index contributed by atoms with van der Waals surface area (Å²) in [6.07, 6.45) is 1.46. The molecule has 1 N–H and O–H groups in total. The lowest BCUT2D eigenvalue weighted by Gasteiger charge is -2.12. The summed E-state index contributed by atoms with van der Waals surface area (Å²) < 4.78 is 11.1. The number of halogens is 1. The molecule has 0 unspecified atom stereocenters. The third-order valence-corrected chi connectivity index (χ3v) is 3.22. The Labute approximate surface area is 143 Å². The van der Waals surface area contributed by atoms with Gasteiger partial charge in [-0.25, -0.2) is 0 Å². The molecule has 1 rings (SSSR count). The molecule has 0 saturated heterocycles. The normalized spacial score (nSPS) is 10.7. The van der Waals surface area contributed by atoms with Gasteiger partial charge < -0.3 is 14.8 Å². The molecular formula is C16H16BrN3O3. The highest BCUT2D eigenvalue weighted by atomic mass is 79.9. The lowest BCUT2D eigenvalue weighted by Crippen LogP contribution is -2.30. The first-order chi connectivity index (χ1) is 10.9. The monoisotopic (exact) mass is 377 g/mol. The molecule has 0 aliphatic carbocycles. The average molecular weight is 378 g/mol. The van der Waals surface area contributed by atoms with Crippen LogP contribution in [0.4, 0.5) is 0 Å². The van der Waals surface area contributed by atoms with Crippen molar-refractivity contribution in [3.63, 3.8) is 0 Å². The number of carbonyl (C=O) groups excluding carboxylic acids is 1. The van der Waals surface area contributed by atoms with Crippen molar-refractivity contribution in [2.24, 2.45) is 0 Å². The lowest BCUT2D eigenvalue weighted by molar-refractivity contribution is -0.117. The zero-order valence-electron chi connectivity index (χ0n) is 13.0. The van der Waals surface area contributed by atoms with E-state index in [1.54, 1.807) is 12.1 Å². The van der Waals surface area contributed by atoms with E-state index >= 15 is 0 Å². The number of hydrogen-bond donors (Lipinski definition) is 1. The molecule has 0 aliphatic heterocycles. The highest BCUT2D eigenvalue weighted by Crippen LogP contribution is 2.37. The number of ether oxygens (including phenoxy) is 2. The molecule has 6 nitrogen and oxygen atoms in total. The summed E-state index contributed by atoms with van der Waals surface area (Å²) in [6, 6.07) is 6.99. The summed E-state index contributed by atoms with van der Waals surface area (Å²) >= 11 is 3.33. The Morgan fingerprint density at radius 1 is 1.43 bits per heavy atom. The molecule has 0 aromatic heterocycles. The van der Waals surface area contributed by atoms with Crippen LogP contribution in [0.5, 0.6) is 11.5 Å². The maximum atomic E-state index is 11.9. The van der Waals surface area contributed by atoms with Crippen LogP contribution in [-0.4, -0.2) is 25.7 Å². The van der Waals surface area contributed by atoms with E-state index in [-0.39, 0.29) is 18.2 Å². The molecule has 1 aromatic carbocycles. The van der Waals surface area contributed by atoms with Gasteiger partial charge in [-0.1, -0.05) is 0 Å². The fraction of sp³-hybridized carbons (Fsp3) is 0.312. The van der Waals surface area contributed by atoms with Crippen molar-refractivity contribution >= 4 is 27.9 Å². The van der Waals surface area contributed by atoms with E-state index in [4.69, 9.17) is 20.0 Å². The van der Waals surface area contributed by atoms with Crippen LogP contribution in [0.3, 0.4) is 0 Å².